The van der Waals surface area contributed by atoms with Gasteiger partial charge in [0, 0.05) is 31.7 Å². The average molecular weight is 296 g/mol. The average Bonchev–Trinajstić information content (AvgIpc) is 2.42. The molecule has 1 aromatic carbocycles. The van der Waals surface area contributed by atoms with Gasteiger partial charge in [0.05, 0.1) is 12.2 Å². The van der Waals surface area contributed by atoms with Gasteiger partial charge in [0.25, 0.3) is 0 Å². The standard InChI is InChI=1S/C16H25FN2O2/c1-10-4-5-13(6-14(10)17)8-19-9-15(11(2)20)18-7-16(19)12(3)21/h4-6,11-12,15-16,18,20-21H,7-9H2,1-3H3/t11-,12+,15+,16+/m0/s1. The van der Waals surface area contributed by atoms with E-state index in [4.69, 9.17) is 0 Å². The molecule has 0 saturated carbocycles. The van der Waals surface area contributed by atoms with Gasteiger partial charge in [-0.2, -0.15) is 0 Å². The monoisotopic (exact) mass is 296 g/mol. The molecule has 0 spiro atoms. The maximum absolute atomic E-state index is 13.7. The first-order valence-electron chi connectivity index (χ1n) is 7.47. The lowest BCUT2D eigenvalue weighted by molar-refractivity contribution is 0.00335. The minimum absolute atomic E-state index is 0.0321. The zero-order chi connectivity index (χ0) is 15.6. The van der Waals surface area contributed by atoms with Crippen molar-refractivity contribution < 1.29 is 14.6 Å². The van der Waals surface area contributed by atoms with Gasteiger partial charge in [-0.25, -0.2) is 4.39 Å². The van der Waals surface area contributed by atoms with Crippen LogP contribution in [0.15, 0.2) is 18.2 Å². The first kappa shape index (κ1) is 16.4. The molecule has 0 amide bonds. The predicted octanol–water partition coefficient (Wildman–Crippen LogP) is 1.04. The Kier molecular flexibility index (Phi) is 5.32. The van der Waals surface area contributed by atoms with E-state index in [1.807, 2.05) is 6.07 Å². The molecule has 0 aliphatic carbocycles. The number of nitrogens with one attached hydrogen (secondary N) is 1. The summed E-state index contributed by atoms with van der Waals surface area (Å²) < 4.78 is 13.7. The van der Waals surface area contributed by atoms with Crippen LogP contribution in [0.3, 0.4) is 0 Å². The number of hydrogen-bond donors (Lipinski definition) is 3. The number of aliphatic hydroxyl groups is 2. The van der Waals surface area contributed by atoms with E-state index in [0.717, 1.165) is 5.56 Å². The third-order valence-electron chi connectivity index (χ3n) is 4.25. The van der Waals surface area contributed by atoms with Gasteiger partial charge in [0.15, 0.2) is 0 Å². The van der Waals surface area contributed by atoms with Crippen LogP contribution in [0.2, 0.25) is 0 Å². The molecule has 5 heteroatoms. The largest absolute Gasteiger partial charge is 0.392 e. The second kappa shape index (κ2) is 6.83. The molecule has 1 saturated heterocycles. The number of hydrogen-bond acceptors (Lipinski definition) is 4. The molecule has 3 N–H and O–H groups in total. The fourth-order valence-corrected chi connectivity index (χ4v) is 2.80. The maximum Gasteiger partial charge on any atom is 0.126 e. The van der Waals surface area contributed by atoms with E-state index in [1.54, 1.807) is 32.9 Å². The highest BCUT2D eigenvalue weighted by molar-refractivity contribution is 5.23. The minimum Gasteiger partial charge on any atom is -0.392 e. The summed E-state index contributed by atoms with van der Waals surface area (Å²) in [6.45, 7) is 7.07. The molecule has 1 aliphatic heterocycles. The fraction of sp³-hybridized carbons (Fsp3) is 0.625. The van der Waals surface area contributed by atoms with Crippen LogP contribution in [0.5, 0.6) is 0 Å². The van der Waals surface area contributed by atoms with Crippen LogP contribution in [0.4, 0.5) is 4.39 Å². The fourth-order valence-electron chi connectivity index (χ4n) is 2.80. The predicted molar refractivity (Wildman–Crippen MR) is 80.5 cm³/mol. The van der Waals surface area contributed by atoms with Gasteiger partial charge in [-0.15, -0.1) is 0 Å². The molecule has 0 radical (unpaired) electrons. The highest BCUT2D eigenvalue weighted by Gasteiger charge is 2.32. The van der Waals surface area contributed by atoms with Crippen molar-refractivity contribution in [2.45, 2.75) is 51.6 Å². The molecule has 1 aromatic rings. The summed E-state index contributed by atoms with van der Waals surface area (Å²) in [4.78, 5) is 2.11. The third kappa shape index (κ3) is 4.01. The summed E-state index contributed by atoms with van der Waals surface area (Å²) >= 11 is 0. The number of piperazine rings is 1. The van der Waals surface area contributed by atoms with E-state index in [9.17, 15) is 14.6 Å². The van der Waals surface area contributed by atoms with Gasteiger partial charge in [-0.05, 0) is 38.0 Å². The lowest BCUT2D eigenvalue weighted by Gasteiger charge is -2.42. The van der Waals surface area contributed by atoms with Crippen LogP contribution in [0.25, 0.3) is 0 Å². The first-order valence-corrected chi connectivity index (χ1v) is 7.47. The smallest absolute Gasteiger partial charge is 0.126 e. The molecule has 1 fully saturated rings. The topological polar surface area (TPSA) is 55.7 Å². The number of halogens is 1. The second-order valence-corrected chi connectivity index (χ2v) is 6.08. The van der Waals surface area contributed by atoms with Crippen molar-refractivity contribution in [3.63, 3.8) is 0 Å². The van der Waals surface area contributed by atoms with E-state index in [0.29, 0.717) is 25.2 Å². The maximum atomic E-state index is 13.7. The Labute approximate surface area is 125 Å². The zero-order valence-corrected chi connectivity index (χ0v) is 12.9. The van der Waals surface area contributed by atoms with Crippen LogP contribution in [-0.4, -0.2) is 52.5 Å². The summed E-state index contributed by atoms with van der Waals surface area (Å²) in [5.74, 6) is -0.205. The van der Waals surface area contributed by atoms with E-state index in [-0.39, 0.29) is 17.9 Å². The van der Waals surface area contributed by atoms with Gasteiger partial charge in [-0.1, -0.05) is 12.1 Å². The van der Waals surface area contributed by atoms with Crippen molar-refractivity contribution in [2.75, 3.05) is 13.1 Å². The quantitative estimate of drug-likeness (QED) is 0.777. The Hall–Kier alpha value is -1.01. The van der Waals surface area contributed by atoms with Gasteiger partial charge >= 0.3 is 0 Å². The van der Waals surface area contributed by atoms with Crippen molar-refractivity contribution in [2.24, 2.45) is 0 Å². The molecule has 2 rings (SSSR count). The zero-order valence-electron chi connectivity index (χ0n) is 12.9. The lowest BCUT2D eigenvalue weighted by Crippen LogP contribution is -2.62. The second-order valence-electron chi connectivity index (χ2n) is 6.08. The van der Waals surface area contributed by atoms with Gasteiger partial charge < -0.3 is 15.5 Å². The minimum atomic E-state index is -0.484. The van der Waals surface area contributed by atoms with E-state index in [2.05, 4.69) is 10.2 Å². The Morgan fingerprint density at radius 3 is 2.62 bits per heavy atom. The number of aliphatic hydroxyl groups excluding tert-OH is 2. The Morgan fingerprint density at radius 2 is 2.05 bits per heavy atom. The number of nitrogens with zero attached hydrogens (tertiary/aromatic N) is 1. The van der Waals surface area contributed by atoms with Gasteiger partial charge in [0.1, 0.15) is 5.82 Å². The summed E-state index contributed by atoms with van der Waals surface area (Å²) in [5, 5.41) is 22.9. The number of aryl methyl sites for hydroxylation is 1. The molecule has 4 atom stereocenters. The molecule has 118 valence electrons. The highest BCUT2D eigenvalue weighted by Crippen LogP contribution is 2.18. The molecule has 0 aromatic heterocycles. The van der Waals surface area contributed by atoms with Crippen molar-refractivity contribution in [1.82, 2.24) is 10.2 Å². The summed E-state index contributed by atoms with van der Waals surface area (Å²) in [5.41, 5.74) is 1.52. The summed E-state index contributed by atoms with van der Waals surface area (Å²) in [6, 6.07) is 5.17. The Bertz CT molecular complexity index is 479. The summed E-state index contributed by atoms with van der Waals surface area (Å²) in [6.07, 6.45) is -0.944. The van der Waals surface area contributed by atoms with Gasteiger partial charge in [0.2, 0.25) is 0 Å². The number of benzene rings is 1. The van der Waals surface area contributed by atoms with E-state index >= 15 is 0 Å². The first-order chi connectivity index (χ1) is 9.88. The molecule has 0 unspecified atom stereocenters. The highest BCUT2D eigenvalue weighted by atomic mass is 19.1. The number of rotatable bonds is 4. The molecule has 21 heavy (non-hydrogen) atoms. The van der Waals surface area contributed by atoms with Crippen molar-refractivity contribution in [3.05, 3.63) is 35.1 Å². The molecule has 1 aliphatic rings. The van der Waals surface area contributed by atoms with Crippen LogP contribution >= 0.6 is 0 Å². The Morgan fingerprint density at radius 1 is 1.33 bits per heavy atom. The molecular formula is C16H25FN2O2. The molecular weight excluding hydrogens is 271 g/mol. The lowest BCUT2D eigenvalue weighted by atomic mass is 10.0. The van der Waals surface area contributed by atoms with Crippen LogP contribution < -0.4 is 5.32 Å². The van der Waals surface area contributed by atoms with E-state index < -0.39 is 12.2 Å². The van der Waals surface area contributed by atoms with Gasteiger partial charge in [-0.3, -0.25) is 4.90 Å². The van der Waals surface area contributed by atoms with Crippen LogP contribution in [0, 0.1) is 12.7 Å². The normalized spacial score (nSPS) is 26.6. The summed E-state index contributed by atoms with van der Waals surface area (Å²) in [7, 11) is 0. The van der Waals surface area contributed by atoms with Crippen molar-refractivity contribution in [1.29, 1.82) is 0 Å². The SMILES string of the molecule is Cc1ccc(CN2C[C@H]([C@H](C)O)NC[C@@H]2[C@@H](C)O)cc1F. The third-order valence-corrected chi connectivity index (χ3v) is 4.25. The van der Waals surface area contributed by atoms with E-state index in [1.165, 1.54) is 0 Å². The van der Waals surface area contributed by atoms with Crippen molar-refractivity contribution in [3.8, 4) is 0 Å². The molecule has 4 nitrogen and oxygen atoms in total. The van der Waals surface area contributed by atoms with Crippen LogP contribution in [0.1, 0.15) is 25.0 Å². The van der Waals surface area contributed by atoms with Crippen LogP contribution in [-0.2, 0) is 6.54 Å². The Balaban J connectivity index is 2.13. The van der Waals surface area contributed by atoms with Crippen molar-refractivity contribution >= 4 is 0 Å². The molecule has 0 bridgehead atoms. The molecule has 1 heterocycles.